The predicted molar refractivity (Wildman–Crippen MR) is 77.1 cm³/mol. The molecule has 1 amide bonds. The van der Waals surface area contributed by atoms with Crippen molar-refractivity contribution in [1.29, 1.82) is 0 Å². The molecule has 2 heterocycles. The average Bonchev–Trinajstić information content (AvgIpc) is 3.11. The van der Waals surface area contributed by atoms with Crippen LogP contribution in [0.1, 0.15) is 57.8 Å². The van der Waals surface area contributed by atoms with Gasteiger partial charge in [-0.15, -0.1) is 0 Å². The number of furan rings is 1. The third kappa shape index (κ3) is 3.23. The maximum absolute atomic E-state index is 12.5. The van der Waals surface area contributed by atoms with E-state index in [0.29, 0.717) is 12.2 Å². The molecular formula is C16H25NO3. The summed E-state index contributed by atoms with van der Waals surface area (Å²) in [6.45, 7) is 4.95. The van der Waals surface area contributed by atoms with Gasteiger partial charge in [-0.25, -0.2) is 0 Å². The number of aliphatic hydroxyl groups excluding tert-OH is 1. The van der Waals surface area contributed by atoms with Gasteiger partial charge in [-0.3, -0.25) is 4.79 Å². The third-order valence-corrected chi connectivity index (χ3v) is 4.36. The zero-order valence-electron chi connectivity index (χ0n) is 12.4. The molecule has 1 fully saturated rings. The molecule has 1 N–H and O–H groups in total. The monoisotopic (exact) mass is 279 g/mol. The summed E-state index contributed by atoms with van der Waals surface area (Å²) >= 11 is 0. The molecule has 2 unspecified atom stereocenters. The fourth-order valence-electron chi connectivity index (χ4n) is 3.10. The number of aliphatic hydroxyl groups is 1. The van der Waals surface area contributed by atoms with Crippen LogP contribution in [-0.2, 0) is 4.79 Å². The molecule has 4 nitrogen and oxygen atoms in total. The average molecular weight is 279 g/mol. The summed E-state index contributed by atoms with van der Waals surface area (Å²) in [5, 5.41) is 10.2. The number of amides is 1. The second kappa shape index (κ2) is 6.93. The normalized spacial score (nSPS) is 20.6. The van der Waals surface area contributed by atoms with Gasteiger partial charge in [0.15, 0.2) is 0 Å². The second-order valence-corrected chi connectivity index (χ2v) is 5.61. The van der Waals surface area contributed by atoms with Crippen LogP contribution in [0.3, 0.4) is 0 Å². The molecule has 2 rings (SSSR count). The molecule has 4 heteroatoms. The quantitative estimate of drug-likeness (QED) is 0.870. The first-order chi connectivity index (χ1) is 9.67. The number of hydrogen-bond acceptors (Lipinski definition) is 3. The van der Waals surface area contributed by atoms with Crippen molar-refractivity contribution in [2.24, 2.45) is 5.92 Å². The van der Waals surface area contributed by atoms with Crippen LogP contribution in [-0.4, -0.2) is 28.5 Å². The van der Waals surface area contributed by atoms with Crippen molar-refractivity contribution in [1.82, 2.24) is 4.90 Å². The van der Waals surface area contributed by atoms with Gasteiger partial charge in [0.05, 0.1) is 6.26 Å². The minimum Gasteiger partial charge on any atom is -0.467 e. The Labute approximate surface area is 120 Å². The van der Waals surface area contributed by atoms with E-state index >= 15 is 0 Å². The van der Waals surface area contributed by atoms with Gasteiger partial charge in [0.2, 0.25) is 5.91 Å². The van der Waals surface area contributed by atoms with E-state index in [2.05, 4.69) is 13.8 Å². The number of hydrogen-bond donors (Lipinski definition) is 1. The summed E-state index contributed by atoms with van der Waals surface area (Å²) in [6.07, 6.45) is 5.30. The molecule has 1 aromatic heterocycles. The van der Waals surface area contributed by atoms with Gasteiger partial charge >= 0.3 is 0 Å². The SMILES string of the molecule is CCC(CC)C(=O)N1CCCC1CC(O)c1ccco1. The fourth-order valence-corrected chi connectivity index (χ4v) is 3.10. The molecule has 0 saturated carbocycles. The van der Waals surface area contributed by atoms with Gasteiger partial charge in [-0.2, -0.15) is 0 Å². The minimum absolute atomic E-state index is 0.122. The Morgan fingerprint density at radius 2 is 2.25 bits per heavy atom. The van der Waals surface area contributed by atoms with E-state index < -0.39 is 6.10 Å². The smallest absolute Gasteiger partial charge is 0.225 e. The van der Waals surface area contributed by atoms with E-state index in [1.165, 1.54) is 0 Å². The number of carbonyl (C=O) groups is 1. The number of rotatable bonds is 6. The first-order valence-corrected chi connectivity index (χ1v) is 7.69. The molecule has 20 heavy (non-hydrogen) atoms. The lowest BCUT2D eigenvalue weighted by Crippen LogP contribution is -2.40. The fraction of sp³-hybridized carbons (Fsp3) is 0.688. The van der Waals surface area contributed by atoms with Crippen LogP contribution < -0.4 is 0 Å². The first kappa shape index (κ1) is 15.1. The Bertz CT molecular complexity index is 411. The standard InChI is InChI=1S/C16H25NO3/c1-3-12(4-2)16(19)17-9-5-7-13(17)11-14(18)15-8-6-10-20-15/h6,8,10,12-14,18H,3-5,7,9,11H2,1-2H3. The van der Waals surface area contributed by atoms with Crippen LogP contribution in [0, 0.1) is 5.92 Å². The predicted octanol–water partition coefficient (Wildman–Crippen LogP) is 3.13. The Morgan fingerprint density at radius 3 is 2.85 bits per heavy atom. The molecule has 112 valence electrons. The van der Waals surface area contributed by atoms with Crippen molar-refractivity contribution >= 4 is 5.91 Å². The van der Waals surface area contributed by atoms with Gasteiger partial charge in [-0.05, 0) is 37.8 Å². The molecule has 1 saturated heterocycles. The van der Waals surface area contributed by atoms with Crippen LogP contribution >= 0.6 is 0 Å². The highest BCUT2D eigenvalue weighted by molar-refractivity contribution is 5.79. The van der Waals surface area contributed by atoms with Crippen LogP contribution in [0.2, 0.25) is 0 Å². The van der Waals surface area contributed by atoms with E-state index in [0.717, 1.165) is 32.2 Å². The summed E-state index contributed by atoms with van der Waals surface area (Å²) in [7, 11) is 0. The molecule has 1 aliphatic heterocycles. The Kier molecular flexibility index (Phi) is 5.24. The van der Waals surface area contributed by atoms with E-state index in [1.807, 2.05) is 4.90 Å². The first-order valence-electron chi connectivity index (χ1n) is 7.69. The number of likely N-dealkylation sites (tertiary alicyclic amines) is 1. The van der Waals surface area contributed by atoms with Crippen molar-refractivity contribution in [2.75, 3.05) is 6.54 Å². The maximum Gasteiger partial charge on any atom is 0.225 e. The zero-order chi connectivity index (χ0) is 14.5. The molecule has 0 radical (unpaired) electrons. The van der Waals surface area contributed by atoms with E-state index in [-0.39, 0.29) is 17.9 Å². The molecule has 1 aromatic rings. The molecule has 0 spiro atoms. The van der Waals surface area contributed by atoms with Gasteiger partial charge in [0, 0.05) is 24.9 Å². The second-order valence-electron chi connectivity index (χ2n) is 5.61. The Hall–Kier alpha value is -1.29. The lowest BCUT2D eigenvalue weighted by atomic mass is 9.99. The molecule has 2 atom stereocenters. The van der Waals surface area contributed by atoms with Gasteiger partial charge < -0.3 is 14.4 Å². The third-order valence-electron chi connectivity index (χ3n) is 4.36. The summed E-state index contributed by atoms with van der Waals surface area (Å²) in [5.41, 5.74) is 0. The van der Waals surface area contributed by atoms with Crippen molar-refractivity contribution in [3.8, 4) is 0 Å². The number of nitrogens with zero attached hydrogens (tertiary/aromatic N) is 1. The van der Waals surface area contributed by atoms with Gasteiger partial charge in [0.1, 0.15) is 11.9 Å². The largest absolute Gasteiger partial charge is 0.467 e. The Morgan fingerprint density at radius 1 is 1.50 bits per heavy atom. The lowest BCUT2D eigenvalue weighted by Gasteiger charge is -2.29. The zero-order valence-corrected chi connectivity index (χ0v) is 12.4. The highest BCUT2D eigenvalue weighted by Gasteiger charge is 2.33. The summed E-state index contributed by atoms with van der Waals surface area (Å²) < 4.78 is 5.24. The summed E-state index contributed by atoms with van der Waals surface area (Å²) in [6, 6.07) is 3.70. The molecule has 0 aromatic carbocycles. The van der Waals surface area contributed by atoms with Crippen LogP contribution in [0.15, 0.2) is 22.8 Å². The minimum atomic E-state index is -0.620. The van der Waals surface area contributed by atoms with Gasteiger partial charge in [0.25, 0.3) is 0 Å². The van der Waals surface area contributed by atoms with Crippen molar-refractivity contribution < 1.29 is 14.3 Å². The topological polar surface area (TPSA) is 53.7 Å². The van der Waals surface area contributed by atoms with Crippen LogP contribution in [0.4, 0.5) is 0 Å². The molecular weight excluding hydrogens is 254 g/mol. The summed E-state index contributed by atoms with van der Waals surface area (Å²) in [5.74, 6) is 0.965. The molecule has 0 aliphatic carbocycles. The highest BCUT2D eigenvalue weighted by Crippen LogP contribution is 2.29. The van der Waals surface area contributed by atoms with Crippen molar-refractivity contribution in [2.45, 2.75) is 58.1 Å². The van der Waals surface area contributed by atoms with Crippen molar-refractivity contribution in [3.05, 3.63) is 24.2 Å². The maximum atomic E-state index is 12.5. The molecule has 1 aliphatic rings. The van der Waals surface area contributed by atoms with E-state index in [9.17, 15) is 9.90 Å². The van der Waals surface area contributed by atoms with Crippen LogP contribution in [0.25, 0.3) is 0 Å². The summed E-state index contributed by atoms with van der Waals surface area (Å²) in [4.78, 5) is 14.5. The van der Waals surface area contributed by atoms with Crippen molar-refractivity contribution in [3.63, 3.8) is 0 Å². The number of carbonyl (C=O) groups excluding carboxylic acids is 1. The molecule has 0 bridgehead atoms. The van der Waals surface area contributed by atoms with Crippen LogP contribution in [0.5, 0.6) is 0 Å². The van der Waals surface area contributed by atoms with E-state index in [4.69, 9.17) is 4.42 Å². The van der Waals surface area contributed by atoms with E-state index in [1.54, 1.807) is 18.4 Å². The Balaban J connectivity index is 1.98. The van der Waals surface area contributed by atoms with Gasteiger partial charge in [-0.1, -0.05) is 13.8 Å². The lowest BCUT2D eigenvalue weighted by molar-refractivity contribution is -0.137. The highest BCUT2D eigenvalue weighted by atomic mass is 16.4.